The lowest BCUT2D eigenvalue weighted by molar-refractivity contribution is -0.0791. The molecule has 0 saturated heterocycles. The van der Waals surface area contributed by atoms with Crippen LogP contribution in [-0.4, -0.2) is 34.9 Å². The molecule has 0 aliphatic carbocycles. The number of nitrogens with zero attached hydrogens (tertiary/aromatic N) is 1. The van der Waals surface area contributed by atoms with Gasteiger partial charge in [0.25, 0.3) is 0 Å². The van der Waals surface area contributed by atoms with Crippen LogP contribution in [0.1, 0.15) is 25.6 Å². The average molecular weight is 351 g/mol. The van der Waals surface area contributed by atoms with Crippen molar-refractivity contribution in [2.75, 3.05) is 13.2 Å². The number of para-hydroxylation sites is 2. The van der Waals surface area contributed by atoms with Crippen LogP contribution in [-0.2, 0) is 0 Å². The highest BCUT2D eigenvalue weighted by atomic mass is 35.5. The second kappa shape index (κ2) is 7.83. The molecule has 0 radical (unpaired) electrons. The van der Waals surface area contributed by atoms with E-state index in [1.54, 1.807) is 6.20 Å². The fourth-order valence-electron chi connectivity index (χ4n) is 2.57. The van der Waals surface area contributed by atoms with Crippen LogP contribution in [0.3, 0.4) is 0 Å². The normalized spacial score (nSPS) is 22.6. The highest BCUT2D eigenvalue weighted by Gasteiger charge is 2.44. The zero-order valence-corrected chi connectivity index (χ0v) is 14.6. The first-order chi connectivity index (χ1) is 11.1. The van der Waals surface area contributed by atoms with Crippen LogP contribution in [0.15, 0.2) is 48.7 Å². The van der Waals surface area contributed by atoms with Gasteiger partial charge in [-0.2, -0.15) is 0 Å². The molecule has 2 unspecified atom stereocenters. The largest absolute Gasteiger partial charge is 0.486 e. The van der Waals surface area contributed by atoms with E-state index in [0.717, 1.165) is 0 Å². The third-order valence-corrected chi connectivity index (χ3v) is 3.83. The van der Waals surface area contributed by atoms with Gasteiger partial charge in [-0.05, 0) is 24.3 Å². The molecule has 1 aromatic heterocycles. The first-order valence-corrected chi connectivity index (χ1v) is 7.84. The van der Waals surface area contributed by atoms with Gasteiger partial charge >= 0.3 is 0 Å². The van der Waals surface area contributed by atoms with E-state index in [1.807, 2.05) is 56.3 Å². The Kier molecular flexibility index (Phi) is 6.04. The summed E-state index contributed by atoms with van der Waals surface area (Å²) < 4.78 is 11.9. The summed E-state index contributed by atoms with van der Waals surface area (Å²) in [5, 5.41) is 14.5. The maximum absolute atomic E-state index is 11.2. The Morgan fingerprint density at radius 2 is 1.92 bits per heavy atom. The topological polar surface area (TPSA) is 63.6 Å². The van der Waals surface area contributed by atoms with Crippen LogP contribution >= 0.6 is 12.4 Å². The van der Waals surface area contributed by atoms with Crippen LogP contribution in [0.4, 0.5) is 0 Å². The van der Waals surface area contributed by atoms with E-state index in [9.17, 15) is 5.11 Å². The minimum atomic E-state index is -1.22. The van der Waals surface area contributed by atoms with Gasteiger partial charge in [0, 0.05) is 18.8 Å². The SMILES string of the molecule is CC(C)NCC1(O)COc2ccccc2OC1c1ccccn1.Cl. The first kappa shape index (κ1) is 18.5. The monoisotopic (exact) mass is 350 g/mol. The van der Waals surface area contributed by atoms with Gasteiger partial charge in [0.15, 0.2) is 23.2 Å². The Hall–Kier alpha value is -1.82. The van der Waals surface area contributed by atoms with Crippen molar-refractivity contribution in [3.63, 3.8) is 0 Å². The Morgan fingerprint density at radius 3 is 2.58 bits per heavy atom. The number of nitrogens with one attached hydrogen (secondary N) is 1. The summed E-state index contributed by atoms with van der Waals surface area (Å²) in [5.74, 6) is 1.25. The van der Waals surface area contributed by atoms with Gasteiger partial charge < -0.3 is 19.9 Å². The molecule has 2 atom stereocenters. The summed E-state index contributed by atoms with van der Waals surface area (Å²) >= 11 is 0. The van der Waals surface area contributed by atoms with Crippen LogP contribution in [0.5, 0.6) is 11.5 Å². The third kappa shape index (κ3) is 3.98. The number of pyridine rings is 1. The molecule has 0 spiro atoms. The Bertz CT molecular complexity index is 654. The van der Waals surface area contributed by atoms with Gasteiger partial charge in [-0.1, -0.05) is 32.0 Å². The molecule has 24 heavy (non-hydrogen) atoms. The molecule has 130 valence electrons. The number of hydrogen-bond donors (Lipinski definition) is 2. The molecule has 0 bridgehead atoms. The summed E-state index contributed by atoms with van der Waals surface area (Å²) in [6.45, 7) is 4.55. The minimum absolute atomic E-state index is 0. The number of ether oxygens (including phenoxy) is 2. The van der Waals surface area contributed by atoms with Crippen molar-refractivity contribution in [2.45, 2.75) is 31.6 Å². The minimum Gasteiger partial charge on any atom is -0.486 e. The van der Waals surface area contributed by atoms with E-state index in [0.29, 0.717) is 23.7 Å². The summed E-state index contributed by atoms with van der Waals surface area (Å²) in [6, 6.07) is 13.3. The summed E-state index contributed by atoms with van der Waals surface area (Å²) in [7, 11) is 0. The molecule has 1 aliphatic rings. The molecule has 3 rings (SSSR count). The molecule has 0 amide bonds. The van der Waals surface area contributed by atoms with Crippen LogP contribution in [0.25, 0.3) is 0 Å². The van der Waals surface area contributed by atoms with Gasteiger partial charge in [-0.3, -0.25) is 4.98 Å². The van der Waals surface area contributed by atoms with Crippen LogP contribution < -0.4 is 14.8 Å². The molecule has 0 saturated carbocycles. The van der Waals surface area contributed by atoms with Crippen molar-refractivity contribution in [2.24, 2.45) is 0 Å². The molecule has 2 heterocycles. The lowest BCUT2D eigenvalue weighted by Gasteiger charge is -2.33. The highest BCUT2D eigenvalue weighted by molar-refractivity contribution is 5.85. The maximum atomic E-state index is 11.2. The van der Waals surface area contributed by atoms with Crippen molar-refractivity contribution in [3.8, 4) is 11.5 Å². The van der Waals surface area contributed by atoms with Gasteiger partial charge in [0.1, 0.15) is 6.61 Å². The van der Waals surface area contributed by atoms with E-state index >= 15 is 0 Å². The van der Waals surface area contributed by atoms with Crippen molar-refractivity contribution in [1.82, 2.24) is 10.3 Å². The number of aliphatic hydroxyl groups is 1. The van der Waals surface area contributed by atoms with Gasteiger partial charge in [0.05, 0.1) is 5.69 Å². The van der Waals surface area contributed by atoms with E-state index in [4.69, 9.17) is 9.47 Å². The third-order valence-electron chi connectivity index (χ3n) is 3.83. The van der Waals surface area contributed by atoms with Gasteiger partial charge in [-0.25, -0.2) is 0 Å². The maximum Gasteiger partial charge on any atom is 0.174 e. The molecule has 2 N–H and O–H groups in total. The van der Waals surface area contributed by atoms with E-state index < -0.39 is 11.7 Å². The molecule has 2 aromatic rings. The second-order valence-corrected chi connectivity index (χ2v) is 6.13. The van der Waals surface area contributed by atoms with Gasteiger partial charge in [-0.15, -0.1) is 12.4 Å². The fraction of sp³-hybridized carbons (Fsp3) is 0.389. The quantitative estimate of drug-likeness (QED) is 0.887. The average Bonchev–Trinajstić information content (AvgIpc) is 2.72. The fourth-order valence-corrected chi connectivity index (χ4v) is 2.57. The number of hydrogen-bond acceptors (Lipinski definition) is 5. The summed E-state index contributed by atoms with van der Waals surface area (Å²) in [6.07, 6.45) is 1.09. The number of fused-ring (bicyclic) bond motifs is 1. The first-order valence-electron chi connectivity index (χ1n) is 7.84. The summed E-state index contributed by atoms with van der Waals surface area (Å²) in [5.41, 5.74) is -0.543. The smallest absolute Gasteiger partial charge is 0.174 e. The van der Waals surface area contributed by atoms with Gasteiger partial charge in [0.2, 0.25) is 0 Å². The molecular formula is C18H23ClN2O3. The zero-order chi connectivity index (χ0) is 16.3. The number of rotatable bonds is 4. The van der Waals surface area contributed by atoms with Crippen LogP contribution in [0, 0.1) is 0 Å². The molecule has 1 aliphatic heterocycles. The lowest BCUT2D eigenvalue weighted by Crippen LogP contribution is -2.52. The van der Waals surface area contributed by atoms with Crippen molar-refractivity contribution < 1.29 is 14.6 Å². The highest BCUT2D eigenvalue weighted by Crippen LogP contribution is 2.39. The van der Waals surface area contributed by atoms with Crippen molar-refractivity contribution >= 4 is 12.4 Å². The molecule has 5 nitrogen and oxygen atoms in total. The molecular weight excluding hydrogens is 328 g/mol. The predicted octanol–water partition coefficient (Wildman–Crippen LogP) is 2.75. The Labute approximate surface area is 148 Å². The number of aromatic nitrogens is 1. The molecule has 0 fully saturated rings. The molecule has 1 aromatic carbocycles. The number of halogens is 1. The van der Waals surface area contributed by atoms with Crippen LogP contribution in [0.2, 0.25) is 0 Å². The Balaban J connectivity index is 0.00000208. The van der Waals surface area contributed by atoms with E-state index in [2.05, 4.69) is 10.3 Å². The number of benzene rings is 1. The van der Waals surface area contributed by atoms with Crippen molar-refractivity contribution in [1.29, 1.82) is 0 Å². The predicted molar refractivity (Wildman–Crippen MR) is 94.9 cm³/mol. The van der Waals surface area contributed by atoms with Crippen molar-refractivity contribution in [3.05, 3.63) is 54.4 Å². The Morgan fingerprint density at radius 1 is 1.21 bits per heavy atom. The van der Waals surface area contributed by atoms with E-state index in [-0.39, 0.29) is 25.1 Å². The zero-order valence-electron chi connectivity index (χ0n) is 13.8. The summed E-state index contributed by atoms with van der Waals surface area (Å²) in [4.78, 5) is 4.37. The standard InChI is InChI=1S/C18H22N2O3.ClH/c1-13(2)20-11-18(21)12-22-15-8-3-4-9-16(15)23-17(18)14-7-5-6-10-19-14;/h3-10,13,17,20-21H,11-12H2,1-2H3;1H. The van der Waals surface area contributed by atoms with E-state index in [1.165, 1.54) is 0 Å². The second-order valence-electron chi connectivity index (χ2n) is 6.13. The lowest BCUT2D eigenvalue weighted by atomic mass is 9.94. The molecule has 6 heteroatoms.